The Kier molecular flexibility index (Phi) is 3.77. The van der Waals surface area contributed by atoms with E-state index in [0.29, 0.717) is 5.56 Å². The quantitative estimate of drug-likeness (QED) is 0.701. The van der Waals surface area contributed by atoms with Crippen LogP contribution in [-0.4, -0.2) is 12.8 Å². The molecule has 0 aliphatic rings. The minimum Gasteiger partial charge on any atom is -0.489 e. The summed E-state index contributed by atoms with van der Waals surface area (Å²) in [4.78, 5) is 0. The minimum atomic E-state index is -4.44. The molecule has 0 saturated carbocycles. The van der Waals surface area contributed by atoms with Gasteiger partial charge in [0, 0.05) is 0 Å². The highest BCUT2D eigenvalue weighted by molar-refractivity contribution is 5.52. The lowest BCUT2D eigenvalue weighted by Gasteiger charge is -2.11. The van der Waals surface area contributed by atoms with Gasteiger partial charge in [-0.15, -0.1) is 0 Å². The molecule has 0 aliphatic heterocycles. The van der Waals surface area contributed by atoms with Gasteiger partial charge in [-0.1, -0.05) is 30.3 Å². The number of hydrogen-bond donors (Lipinski definition) is 0. The number of ether oxygens (including phenoxy) is 1. The Morgan fingerprint density at radius 2 is 1.87 bits per heavy atom. The molecule has 0 aliphatic carbocycles. The van der Waals surface area contributed by atoms with Crippen molar-refractivity contribution < 1.29 is 17.9 Å². The van der Waals surface area contributed by atoms with Gasteiger partial charge in [0.15, 0.2) is 0 Å². The average molecular weight is 216 g/mol. The molecule has 4 heteroatoms. The fraction of sp³-hybridized carbons (Fsp3) is 0.273. The van der Waals surface area contributed by atoms with E-state index < -0.39 is 11.9 Å². The molecule has 1 nitrogen and oxygen atoms in total. The van der Waals surface area contributed by atoms with E-state index in [9.17, 15) is 13.2 Å². The number of allylic oxidation sites excluding steroid dienone is 1. The van der Waals surface area contributed by atoms with Crippen molar-refractivity contribution in [1.29, 1.82) is 0 Å². The zero-order valence-corrected chi connectivity index (χ0v) is 8.21. The Morgan fingerprint density at radius 3 is 2.33 bits per heavy atom. The lowest BCUT2D eigenvalue weighted by atomic mass is 10.2. The van der Waals surface area contributed by atoms with Gasteiger partial charge >= 0.3 is 6.18 Å². The van der Waals surface area contributed by atoms with Crippen LogP contribution < -0.4 is 0 Å². The van der Waals surface area contributed by atoms with Crippen molar-refractivity contribution in [2.75, 3.05) is 6.61 Å². The molecule has 0 amide bonds. The lowest BCUT2D eigenvalue weighted by molar-refractivity contribution is -0.128. The van der Waals surface area contributed by atoms with Crippen molar-refractivity contribution in [3.05, 3.63) is 41.7 Å². The number of hydrogen-bond acceptors (Lipinski definition) is 1. The van der Waals surface area contributed by atoms with Crippen molar-refractivity contribution in [3.63, 3.8) is 0 Å². The van der Waals surface area contributed by atoms with Crippen LogP contribution in [0.5, 0.6) is 0 Å². The van der Waals surface area contributed by atoms with E-state index in [1.54, 1.807) is 30.3 Å². The van der Waals surface area contributed by atoms with Gasteiger partial charge in [-0.3, -0.25) is 0 Å². The normalized spacial score (nSPS) is 12.7. The first kappa shape index (κ1) is 11.6. The first-order valence-corrected chi connectivity index (χ1v) is 4.50. The van der Waals surface area contributed by atoms with Crippen molar-refractivity contribution in [2.45, 2.75) is 13.1 Å². The average Bonchev–Trinajstić information content (AvgIpc) is 2.17. The zero-order chi connectivity index (χ0) is 11.3. The maximum absolute atomic E-state index is 12.4. The fourth-order valence-electron chi connectivity index (χ4n) is 1.06. The van der Waals surface area contributed by atoms with Gasteiger partial charge in [0.2, 0.25) is 5.76 Å². The highest BCUT2D eigenvalue weighted by Gasteiger charge is 2.35. The van der Waals surface area contributed by atoms with Gasteiger partial charge in [-0.25, -0.2) is 0 Å². The summed E-state index contributed by atoms with van der Waals surface area (Å²) in [5.41, 5.74) is 0.471. The van der Waals surface area contributed by atoms with Gasteiger partial charge in [0.25, 0.3) is 0 Å². The monoisotopic (exact) mass is 216 g/mol. The van der Waals surface area contributed by atoms with E-state index in [0.717, 1.165) is 6.08 Å². The molecule has 0 saturated heterocycles. The van der Waals surface area contributed by atoms with E-state index in [-0.39, 0.29) is 6.61 Å². The largest absolute Gasteiger partial charge is 0.489 e. The predicted octanol–water partition coefficient (Wildman–Crippen LogP) is 3.63. The molecule has 1 aromatic carbocycles. The molecule has 0 radical (unpaired) electrons. The third-order valence-corrected chi connectivity index (χ3v) is 1.68. The molecule has 0 aromatic heterocycles. The number of alkyl halides is 3. The molecule has 15 heavy (non-hydrogen) atoms. The summed E-state index contributed by atoms with van der Waals surface area (Å²) in [7, 11) is 0. The number of halogens is 3. The molecule has 1 aromatic rings. The summed E-state index contributed by atoms with van der Waals surface area (Å²) in [5.74, 6) is -0.962. The van der Waals surface area contributed by atoms with Crippen LogP contribution >= 0.6 is 0 Å². The Morgan fingerprint density at radius 1 is 1.27 bits per heavy atom. The maximum Gasteiger partial charge on any atom is 0.448 e. The van der Waals surface area contributed by atoms with Crippen LogP contribution in [0.4, 0.5) is 13.2 Å². The highest BCUT2D eigenvalue weighted by Crippen LogP contribution is 2.28. The van der Waals surface area contributed by atoms with Crippen LogP contribution in [0.25, 0.3) is 6.08 Å². The molecule has 0 heterocycles. The Hall–Kier alpha value is -1.45. The minimum absolute atomic E-state index is 0.00181. The van der Waals surface area contributed by atoms with Crippen LogP contribution in [0, 0.1) is 0 Å². The van der Waals surface area contributed by atoms with Crippen molar-refractivity contribution >= 4 is 6.08 Å². The molecule has 0 unspecified atom stereocenters. The zero-order valence-electron chi connectivity index (χ0n) is 8.21. The Bertz CT molecular complexity index is 327. The molecule has 0 fully saturated rings. The Labute approximate surface area is 86.2 Å². The summed E-state index contributed by atoms with van der Waals surface area (Å²) in [6.07, 6.45) is -3.45. The van der Waals surface area contributed by atoms with E-state index in [1.165, 1.54) is 6.92 Å². The lowest BCUT2D eigenvalue weighted by Crippen LogP contribution is -2.14. The van der Waals surface area contributed by atoms with E-state index in [2.05, 4.69) is 4.74 Å². The van der Waals surface area contributed by atoms with Crippen LogP contribution in [0.2, 0.25) is 0 Å². The Balaban J connectivity index is 2.94. The SMILES string of the molecule is CCOC(=Cc1ccccc1)C(F)(F)F. The molecule has 1 rings (SSSR count). The second-order valence-corrected chi connectivity index (χ2v) is 2.85. The second-order valence-electron chi connectivity index (χ2n) is 2.85. The molecule has 82 valence electrons. The topological polar surface area (TPSA) is 9.23 Å². The van der Waals surface area contributed by atoms with Crippen LogP contribution in [0.3, 0.4) is 0 Å². The first-order chi connectivity index (χ1) is 7.04. The van der Waals surface area contributed by atoms with E-state index in [1.807, 2.05) is 0 Å². The van der Waals surface area contributed by atoms with E-state index in [4.69, 9.17) is 0 Å². The first-order valence-electron chi connectivity index (χ1n) is 4.50. The summed E-state index contributed by atoms with van der Waals surface area (Å²) in [5, 5.41) is 0. The molecule has 0 bridgehead atoms. The smallest absolute Gasteiger partial charge is 0.448 e. The summed E-state index contributed by atoms with van der Waals surface area (Å²) in [6, 6.07) is 8.26. The van der Waals surface area contributed by atoms with Crippen molar-refractivity contribution in [2.24, 2.45) is 0 Å². The molecule has 0 N–H and O–H groups in total. The fourth-order valence-corrected chi connectivity index (χ4v) is 1.06. The van der Waals surface area contributed by atoms with Gasteiger partial charge in [0.1, 0.15) is 0 Å². The maximum atomic E-state index is 12.4. The highest BCUT2D eigenvalue weighted by atomic mass is 19.4. The second kappa shape index (κ2) is 4.87. The van der Waals surface area contributed by atoms with Crippen molar-refractivity contribution in [3.8, 4) is 0 Å². The standard InChI is InChI=1S/C11H11F3O/c1-2-15-10(11(12,13)14)8-9-6-4-3-5-7-9/h3-8H,2H2,1H3. The van der Waals surface area contributed by atoms with Gasteiger partial charge in [-0.05, 0) is 18.6 Å². The third-order valence-electron chi connectivity index (χ3n) is 1.68. The molecule has 0 atom stereocenters. The number of rotatable bonds is 3. The van der Waals surface area contributed by atoms with Crippen LogP contribution in [0.1, 0.15) is 12.5 Å². The van der Waals surface area contributed by atoms with Gasteiger partial charge in [0.05, 0.1) is 6.61 Å². The van der Waals surface area contributed by atoms with Crippen LogP contribution in [0.15, 0.2) is 36.1 Å². The summed E-state index contributed by atoms with van der Waals surface area (Å²) < 4.78 is 41.7. The molecular weight excluding hydrogens is 205 g/mol. The predicted molar refractivity (Wildman–Crippen MR) is 52.1 cm³/mol. The van der Waals surface area contributed by atoms with Gasteiger partial charge in [-0.2, -0.15) is 13.2 Å². The third kappa shape index (κ3) is 3.65. The summed E-state index contributed by atoms with van der Waals surface area (Å²) in [6.45, 7) is 1.52. The molecule has 0 spiro atoms. The summed E-state index contributed by atoms with van der Waals surface area (Å²) >= 11 is 0. The van der Waals surface area contributed by atoms with Crippen molar-refractivity contribution in [1.82, 2.24) is 0 Å². The van der Waals surface area contributed by atoms with E-state index >= 15 is 0 Å². The molecular formula is C11H11F3O. The van der Waals surface area contributed by atoms with Gasteiger partial charge < -0.3 is 4.74 Å². The van der Waals surface area contributed by atoms with Crippen LogP contribution in [-0.2, 0) is 4.74 Å². The number of benzene rings is 1.